The number of ether oxygens (including phenoxy) is 1. The van der Waals surface area contributed by atoms with Crippen LogP contribution in [-0.2, 0) is 11.2 Å². The van der Waals surface area contributed by atoms with Crippen molar-refractivity contribution in [3.05, 3.63) is 30.1 Å². The van der Waals surface area contributed by atoms with E-state index in [1.54, 1.807) is 0 Å². The molecule has 1 atom stereocenters. The quantitative estimate of drug-likeness (QED) is 0.925. The molecule has 4 heteroatoms. The van der Waals surface area contributed by atoms with Gasteiger partial charge in [0.05, 0.1) is 5.60 Å². The van der Waals surface area contributed by atoms with Crippen LogP contribution in [0.25, 0.3) is 0 Å². The van der Waals surface area contributed by atoms with Crippen molar-refractivity contribution >= 4 is 11.8 Å². The normalized spacial score (nSPS) is 25.7. The first-order valence-electron chi connectivity index (χ1n) is 7.70. The molecule has 1 aromatic rings. The molecule has 2 aliphatic rings. The van der Waals surface area contributed by atoms with Gasteiger partial charge >= 0.3 is 0 Å². The van der Waals surface area contributed by atoms with E-state index in [1.165, 1.54) is 36.3 Å². The lowest BCUT2D eigenvalue weighted by Gasteiger charge is -2.43. The molecule has 1 spiro atoms. The zero-order valence-electron chi connectivity index (χ0n) is 12.0. The van der Waals surface area contributed by atoms with Crippen molar-refractivity contribution in [1.82, 2.24) is 10.3 Å². The van der Waals surface area contributed by atoms with Crippen molar-refractivity contribution in [3.8, 4) is 0 Å². The lowest BCUT2D eigenvalue weighted by molar-refractivity contribution is -0.0930. The minimum absolute atomic E-state index is 0.192. The smallest absolute Gasteiger partial charge is 0.0713 e. The molecule has 1 unspecified atom stereocenters. The van der Waals surface area contributed by atoms with Crippen LogP contribution < -0.4 is 5.32 Å². The summed E-state index contributed by atoms with van der Waals surface area (Å²) in [6.45, 7) is 1.98. The highest BCUT2D eigenvalue weighted by atomic mass is 32.2. The molecule has 3 rings (SSSR count). The molecule has 0 aliphatic carbocycles. The molecule has 0 amide bonds. The van der Waals surface area contributed by atoms with Gasteiger partial charge in [0.15, 0.2) is 0 Å². The van der Waals surface area contributed by atoms with Gasteiger partial charge in [-0.3, -0.25) is 4.98 Å². The molecule has 20 heavy (non-hydrogen) atoms. The highest BCUT2D eigenvalue weighted by Gasteiger charge is 2.38. The van der Waals surface area contributed by atoms with Gasteiger partial charge in [-0.1, -0.05) is 0 Å². The van der Waals surface area contributed by atoms with Gasteiger partial charge in [-0.15, -0.1) is 0 Å². The maximum atomic E-state index is 6.14. The standard InChI is InChI=1S/C16H24N2OS/c1-7-17-8-2-14(1)3-9-18-15-4-10-19-16(13-15)5-11-20-12-6-16/h1-2,7-8,15,18H,3-6,9-13H2. The second-order valence-electron chi connectivity index (χ2n) is 5.89. The summed E-state index contributed by atoms with van der Waals surface area (Å²) in [6, 6.07) is 4.84. The van der Waals surface area contributed by atoms with Crippen LogP contribution in [0.2, 0.25) is 0 Å². The molecule has 0 saturated carbocycles. The third-order valence-corrected chi connectivity index (χ3v) is 5.48. The maximum absolute atomic E-state index is 6.14. The largest absolute Gasteiger partial charge is 0.375 e. The first kappa shape index (κ1) is 14.4. The number of aromatic nitrogens is 1. The Kier molecular flexibility index (Phi) is 4.97. The molecule has 1 aromatic heterocycles. The summed E-state index contributed by atoms with van der Waals surface area (Å²) in [7, 11) is 0. The number of hydrogen-bond acceptors (Lipinski definition) is 4. The van der Waals surface area contributed by atoms with Crippen molar-refractivity contribution in [2.24, 2.45) is 0 Å². The number of pyridine rings is 1. The number of nitrogens with one attached hydrogen (secondary N) is 1. The molecule has 0 radical (unpaired) electrons. The molecular formula is C16H24N2OS. The second-order valence-corrected chi connectivity index (χ2v) is 7.12. The number of nitrogens with zero attached hydrogens (tertiary/aromatic N) is 1. The molecular weight excluding hydrogens is 268 g/mol. The van der Waals surface area contributed by atoms with Crippen LogP contribution in [0.1, 0.15) is 31.2 Å². The summed E-state index contributed by atoms with van der Waals surface area (Å²) < 4.78 is 6.14. The highest BCUT2D eigenvalue weighted by molar-refractivity contribution is 7.99. The van der Waals surface area contributed by atoms with Crippen molar-refractivity contribution in [2.45, 2.75) is 43.7 Å². The molecule has 2 fully saturated rings. The van der Waals surface area contributed by atoms with Crippen molar-refractivity contribution in [3.63, 3.8) is 0 Å². The minimum atomic E-state index is 0.192. The molecule has 1 N–H and O–H groups in total. The molecule has 2 aliphatic heterocycles. The zero-order valence-corrected chi connectivity index (χ0v) is 12.8. The summed E-state index contributed by atoms with van der Waals surface area (Å²) in [5.41, 5.74) is 1.56. The van der Waals surface area contributed by atoms with Gasteiger partial charge in [0.2, 0.25) is 0 Å². The number of hydrogen-bond donors (Lipinski definition) is 1. The molecule has 3 heterocycles. The summed E-state index contributed by atoms with van der Waals surface area (Å²) in [6.07, 6.45) is 9.66. The maximum Gasteiger partial charge on any atom is 0.0713 e. The Hall–Kier alpha value is -0.580. The summed E-state index contributed by atoms with van der Waals surface area (Å²) >= 11 is 2.07. The Balaban J connectivity index is 1.45. The van der Waals surface area contributed by atoms with Gasteiger partial charge in [0, 0.05) is 25.0 Å². The first-order chi connectivity index (χ1) is 9.86. The topological polar surface area (TPSA) is 34.1 Å². The monoisotopic (exact) mass is 292 g/mol. The summed E-state index contributed by atoms with van der Waals surface area (Å²) in [4.78, 5) is 4.06. The van der Waals surface area contributed by atoms with E-state index in [2.05, 4.69) is 34.2 Å². The third kappa shape index (κ3) is 3.74. The van der Waals surface area contributed by atoms with E-state index >= 15 is 0 Å². The van der Waals surface area contributed by atoms with Crippen LogP contribution in [0.15, 0.2) is 24.5 Å². The first-order valence-corrected chi connectivity index (χ1v) is 8.86. The Bertz CT molecular complexity index is 401. The van der Waals surface area contributed by atoms with Crippen LogP contribution >= 0.6 is 11.8 Å². The summed E-state index contributed by atoms with van der Waals surface area (Å²) in [5.74, 6) is 2.54. The molecule has 2 saturated heterocycles. The third-order valence-electron chi connectivity index (χ3n) is 4.49. The molecule has 110 valence electrons. The van der Waals surface area contributed by atoms with Gasteiger partial charge in [-0.25, -0.2) is 0 Å². The summed E-state index contributed by atoms with van der Waals surface area (Å²) in [5, 5.41) is 3.73. The molecule has 3 nitrogen and oxygen atoms in total. The fourth-order valence-corrected chi connectivity index (χ4v) is 4.50. The van der Waals surface area contributed by atoms with E-state index in [-0.39, 0.29) is 5.60 Å². The Morgan fingerprint density at radius 3 is 2.90 bits per heavy atom. The van der Waals surface area contributed by atoms with E-state index in [9.17, 15) is 0 Å². The van der Waals surface area contributed by atoms with E-state index in [4.69, 9.17) is 4.74 Å². The van der Waals surface area contributed by atoms with E-state index in [0.717, 1.165) is 26.0 Å². The van der Waals surface area contributed by atoms with E-state index in [1.807, 2.05) is 12.4 Å². The van der Waals surface area contributed by atoms with Crippen LogP contribution in [0.4, 0.5) is 0 Å². The Labute approximate surface area is 125 Å². The van der Waals surface area contributed by atoms with Crippen LogP contribution in [0.5, 0.6) is 0 Å². The SMILES string of the molecule is c1cc(CCNC2CCOC3(CCSCC3)C2)ccn1. The van der Waals surface area contributed by atoms with Crippen molar-refractivity contribution in [2.75, 3.05) is 24.7 Å². The van der Waals surface area contributed by atoms with Gasteiger partial charge in [0.25, 0.3) is 0 Å². The highest BCUT2D eigenvalue weighted by Crippen LogP contribution is 2.37. The Morgan fingerprint density at radius 1 is 1.30 bits per heavy atom. The van der Waals surface area contributed by atoms with Crippen molar-refractivity contribution in [1.29, 1.82) is 0 Å². The predicted octanol–water partition coefficient (Wildman–Crippen LogP) is 2.66. The minimum Gasteiger partial charge on any atom is -0.375 e. The van der Waals surface area contributed by atoms with Gasteiger partial charge < -0.3 is 10.1 Å². The second kappa shape index (κ2) is 6.92. The number of rotatable bonds is 4. The molecule has 0 bridgehead atoms. The lowest BCUT2D eigenvalue weighted by atomic mass is 9.85. The van der Waals surface area contributed by atoms with E-state index in [0.29, 0.717) is 6.04 Å². The average Bonchev–Trinajstić information content (AvgIpc) is 2.49. The van der Waals surface area contributed by atoms with Crippen LogP contribution in [0.3, 0.4) is 0 Å². The fraction of sp³-hybridized carbons (Fsp3) is 0.688. The van der Waals surface area contributed by atoms with Gasteiger partial charge in [0.1, 0.15) is 0 Å². The van der Waals surface area contributed by atoms with Gasteiger partial charge in [-0.05, 0) is 67.9 Å². The Morgan fingerprint density at radius 2 is 2.10 bits per heavy atom. The van der Waals surface area contributed by atoms with Crippen molar-refractivity contribution < 1.29 is 4.74 Å². The molecule has 0 aromatic carbocycles. The van der Waals surface area contributed by atoms with Gasteiger partial charge in [-0.2, -0.15) is 11.8 Å². The van der Waals surface area contributed by atoms with Crippen LogP contribution in [-0.4, -0.2) is 41.3 Å². The number of thioether (sulfide) groups is 1. The van der Waals surface area contributed by atoms with Crippen LogP contribution in [0, 0.1) is 0 Å². The fourth-order valence-electron chi connectivity index (χ4n) is 3.26. The lowest BCUT2D eigenvalue weighted by Crippen LogP contribution is -2.49. The predicted molar refractivity (Wildman–Crippen MR) is 84.2 cm³/mol. The average molecular weight is 292 g/mol. The zero-order chi connectivity index (χ0) is 13.7. The van der Waals surface area contributed by atoms with E-state index < -0.39 is 0 Å².